The van der Waals surface area contributed by atoms with Crippen molar-refractivity contribution in [1.82, 2.24) is 4.90 Å². The molecule has 0 aliphatic heterocycles. The summed E-state index contributed by atoms with van der Waals surface area (Å²) in [7, 11) is 1.75. The summed E-state index contributed by atoms with van der Waals surface area (Å²) >= 11 is 12.1. The Labute approximate surface area is 171 Å². The maximum absolute atomic E-state index is 12.4. The first-order chi connectivity index (χ1) is 13.3. The molecule has 1 aromatic heterocycles. The number of halogens is 2. The number of anilines is 1. The fourth-order valence-corrected chi connectivity index (χ4v) is 3.43. The van der Waals surface area contributed by atoms with Crippen molar-refractivity contribution in [2.24, 2.45) is 0 Å². The highest BCUT2D eigenvalue weighted by molar-refractivity contribution is 6.39. The smallest absolute Gasteiger partial charge is 0.336 e. The molecule has 0 aliphatic carbocycles. The number of amides is 1. The molecule has 2 N–H and O–H groups in total. The van der Waals surface area contributed by atoms with Crippen LogP contribution in [0.2, 0.25) is 10.0 Å². The number of carbonyl (C=O) groups excluding carboxylic acids is 1. The second-order valence-corrected chi connectivity index (χ2v) is 7.31. The molecular weight excluding hydrogens is 403 g/mol. The Morgan fingerprint density at radius 2 is 1.89 bits per heavy atom. The van der Waals surface area contributed by atoms with Gasteiger partial charge in [-0.2, -0.15) is 0 Å². The number of benzene rings is 2. The summed E-state index contributed by atoms with van der Waals surface area (Å²) in [5.74, 6) is -0.240. The van der Waals surface area contributed by atoms with Crippen molar-refractivity contribution < 1.29 is 14.3 Å². The first-order valence-electron chi connectivity index (χ1n) is 8.44. The molecule has 0 saturated carbocycles. The topological polar surface area (TPSA) is 82.8 Å². The zero-order valence-corrected chi connectivity index (χ0v) is 16.8. The number of para-hydroxylation sites is 1. The highest BCUT2D eigenvalue weighted by Crippen LogP contribution is 2.30. The lowest BCUT2D eigenvalue weighted by molar-refractivity contribution is -0.117. The number of phenols is 1. The summed E-state index contributed by atoms with van der Waals surface area (Å²) in [5.41, 5.74) is 1.37. The molecule has 0 fully saturated rings. The summed E-state index contributed by atoms with van der Waals surface area (Å²) in [5, 5.41) is 13.9. The molecule has 6 nitrogen and oxygen atoms in total. The first kappa shape index (κ1) is 20.2. The van der Waals surface area contributed by atoms with Crippen LogP contribution in [0, 0.1) is 6.92 Å². The number of phenolic OH excluding ortho intramolecular Hbond substituents is 1. The van der Waals surface area contributed by atoms with Gasteiger partial charge in [-0.3, -0.25) is 9.69 Å². The fraction of sp³-hybridized carbons (Fsp3) is 0.200. The normalized spacial score (nSPS) is 11.2. The summed E-state index contributed by atoms with van der Waals surface area (Å²) in [6.45, 7) is 2.06. The standard InChI is InChI=1S/C20H18Cl2N2O4/c1-11-16(25)7-6-13-12(8-18(27)28-20(11)13)9-24(2)10-17(26)23-19-14(21)4-3-5-15(19)22/h3-8,25H,9-10H2,1-2H3,(H,23,26). The van der Waals surface area contributed by atoms with Gasteiger partial charge < -0.3 is 14.8 Å². The predicted molar refractivity (Wildman–Crippen MR) is 110 cm³/mol. The lowest BCUT2D eigenvalue weighted by Crippen LogP contribution is -2.30. The van der Waals surface area contributed by atoms with Crippen LogP contribution in [0.1, 0.15) is 11.1 Å². The summed E-state index contributed by atoms with van der Waals surface area (Å²) in [6.07, 6.45) is 0. The maximum atomic E-state index is 12.4. The van der Waals surface area contributed by atoms with Gasteiger partial charge in [0.25, 0.3) is 0 Å². The summed E-state index contributed by atoms with van der Waals surface area (Å²) in [4.78, 5) is 26.0. The van der Waals surface area contributed by atoms with Gasteiger partial charge in [-0.25, -0.2) is 4.79 Å². The monoisotopic (exact) mass is 420 g/mol. The summed E-state index contributed by atoms with van der Waals surface area (Å²) in [6, 6.07) is 9.59. The Morgan fingerprint density at radius 1 is 1.21 bits per heavy atom. The predicted octanol–water partition coefficient (Wildman–Crippen LogP) is 4.18. The van der Waals surface area contributed by atoms with Crippen molar-refractivity contribution in [1.29, 1.82) is 0 Å². The Morgan fingerprint density at radius 3 is 2.57 bits per heavy atom. The van der Waals surface area contributed by atoms with Gasteiger partial charge in [-0.1, -0.05) is 29.3 Å². The Balaban J connectivity index is 1.78. The van der Waals surface area contributed by atoms with Gasteiger partial charge in [0.05, 0.1) is 22.3 Å². The van der Waals surface area contributed by atoms with Gasteiger partial charge >= 0.3 is 5.63 Å². The lowest BCUT2D eigenvalue weighted by atomic mass is 10.1. The van der Waals surface area contributed by atoms with Crippen LogP contribution in [0.4, 0.5) is 5.69 Å². The number of nitrogens with one attached hydrogen (secondary N) is 1. The van der Waals surface area contributed by atoms with Crippen LogP contribution < -0.4 is 10.9 Å². The minimum atomic E-state index is -0.517. The molecule has 146 valence electrons. The molecule has 1 heterocycles. The van der Waals surface area contributed by atoms with Crippen LogP contribution in [0.25, 0.3) is 11.0 Å². The zero-order valence-electron chi connectivity index (χ0n) is 15.3. The van der Waals surface area contributed by atoms with Crippen molar-refractivity contribution in [3.05, 3.63) is 68.0 Å². The number of likely N-dealkylation sites (N-methyl/N-ethyl adjacent to an activating group) is 1. The SMILES string of the molecule is Cc1c(O)ccc2c(CN(C)CC(=O)Nc3c(Cl)cccc3Cl)cc(=O)oc12. The van der Waals surface area contributed by atoms with E-state index in [-0.39, 0.29) is 18.2 Å². The Hall–Kier alpha value is -2.54. The van der Waals surface area contributed by atoms with E-state index in [9.17, 15) is 14.7 Å². The zero-order chi connectivity index (χ0) is 20.4. The highest BCUT2D eigenvalue weighted by Gasteiger charge is 2.15. The van der Waals surface area contributed by atoms with Crippen LogP contribution in [-0.2, 0) is 11.3 Å². The highest BCUT2D eigenvalue weighted by atomic mass is 35.5. The van der Waals surface area contributed by atoms with Gasteiger partial charge in [0, 0.05) is 23.6 Å². The molecule has 0 spiro atoms. The minimum absolute atomic E-state index is 0.0529. The van der Waals surface area contributed by atoms with Crippen molar-refractivity contribution in [3.63, 3.8) is 0 Å². The molecule has 2 aromatic carbocycles. The summed E-state index contributed by atoms with van der Waals surface area (Å²) < 4.78 is 5.24. The van der Waals surface area contributed by atoms with E-state index in [4.69, 9.17) is 27.6 Å². The van der Waals surface area contributed by atoms with Crippen LogP contribution in [0.15, 0.2) is 45.6 Å². The largest absolute Gasteiger partial charge is 0.508 e. The van der Waals surface area contributed by atoms with Gasteiger partial charge in [-0.05, 0) is 43.8 Å². The van der Waals surface area contributed by atoms with Crippen LogP contribution in [0.5, 0.6) is 5.75 Å². The number of hydrogen-bond acceptors (Lipinski definition) is 5. The molecule has 8 heteroatoms. The van der Waals surface area contributed by atoms with Gasteiger partial charge in [0.15, 0.2) is 0 Å². The number of nitrogens with zero attached hydrogens (tertiary/aromatic N) is 1. The first-order valence-corrected chi connectivity index (χ1v) is 9.19. The van der Waals surface area contributed by atoms with Crippen LogP contribution in [-0.4, -0.2) is 29.5 Å². The molecule has 0 unspecified atom stereocenters. The average molecular weight is 421 g/mol. The average Bonchev–Trinajstić information content (AvgIpc) is 2.61. The molecule has 3 aromatic rings. The molecule has 0 aliphatic rings. The molecule has 1 amide bonds. The van der Waals surface area contributed by atoms with Crippen molar-refractivity contribution in [2.75, 3.05) is 18.9 Å². The van der Waals surface area contributed by atoms with E-state index < -0.39 is 5.63 Å². The maximum Gasteiger partial charge on any atom is 0.336 e. The Kier molecular flexibility index (Phi) is 5.93. The van der Waals surface area contributed by atoms with E-state index in [1.807, 2.05) is 0 Å². The molecular formula is C20H18Cl2N2O4. The third-order valence-electron chi connectivity index (χ3n) is 4.30. The van der Waals surface area contributed by atoms with Gasteiger partial charge in [-0.15, -0.1) is 0 Å². The number of hydrogen-bond donors (Lipinski definition) is 2. The number of carbonyl (C=O) groups is 1. The number of rotatable bonds is 5. The van der Waals surface area contributed by atoms with Gasteiger partial charge in [0.2, 0.25) is 5.91 Å². The van der Waals surface area contributed by atoms with E-state index in [1.54, 1.807) is 49.2 Å². The Bertz CT molecular complexity index is 1090. The molecule has 0 atom stereocenters. The van der Waals surface area contributed by atoms with Crippen molar-refractivity contribution in [2.45, 2.75) is 13.5 Å². The number of aromatic hydroxyl groups is 1. The van der Waals surface area contributed by atoms with Crippen LogP contribution in [0.3, 0.4) is 0 Å². The van der Waals surface area contributed by atoms with E-state index in [2.05, 4.69) is 5.32 Å². The molecule has 28 heavy (non-hydrogen) atoms. The number of fused-ring (bicyclic) bond motifs is 1. The van der Waals surface area contributed by atoms with E-state index >= 15 is 0 Å². The van der Waals surface area contributed by atoms with Crippen molar-refractivity contribution >= 4 is 45.8 Å². The van der Waals surface area contributed by atoms with E-state index in [0.717, 1.165) is 0 Å². The minimum Gasteiger partial charge on any atom is -0.508 e. The quantitative estimate of drug-likeness (QED) is 0.604. The second-order valence-electron chi connectivity index (χ2n) is 6.49. The van der Waals surface area contributed by atoms with E-state index in [1.165, 1.54) is 6.07 Å². The van der Waals surface area contributed by atoms with Crippen LogP contribution >= 0.6 is 23.2 Å². The fourth-order valence-electron chi connectivity index (χ4n) is 2.93. The second kappa shape index (κ2) is 8.22. The van der Waals surface area contributed by atoms with Crippen molar-refractivity contribution in [3.8, 4) is 5.75 Å². The third-order valence-corrected chi connectivity index (χ3v) is 4.93. The molecule has 0 bridgehead atoms. The molecule has 0 saturated heterocycles. The number of aryl methyl sites for hydroxylation is 1. The molecule has 3 rings (SSSR count). The lowest BCUT2D eigenvalue weighted by Gasteiger charge is -2.18. The third kappa shape index (κ3) is 4.30. The molecule has 0 radical (unpaired) electrons. The van der Waals surface area contributed by atoms with E-state index in [0.29, 0.717) is 44.4 Å². The van der Waals surface area contributed by atoms with Gasteiger partial charge in [0.1, 0.15) is 11.3 Å².